The Morgan fingerprint density at radius 3 is 2.48 bits per heavy atom. The molecule has 0 radical (unpaired) electrons. The first-order chi connectivity index (χ1) is 11.0. The minimum absolute atomic E-state index is 0.207. The first-order valence-corrected chi connectivity index (χ1v) is 8.00. The molecule has 0 bridgehead atoms. The molecule has 23 heavy (non-hydrogen) atoms. The Kier molecular flexibility index (Phi) is 4.43. The summed E-state index contributed by atoms with van der Waals surface area (Å²) in [6.45, 7) is 0. The molecule has 0 heterocycles. The molecular formula is C17H14BrFN2O2. The van der Waals surface area contributed by atoms with Gasteiger partial charge in [0.15, 0.2) is 0 Å². The molecule has 2 aromatic carbocycles. The normalized spacial score (nSPS) is 13.5. The largest absolute Gasteiger partial charge is 0.349 e. The van der Waals surface area contributed by atoms with Crippen molar-refractivity contribution in [1.29, 1.82) is 0 Å². The van der Waals surface area contributed by atoms with Crippen LogP contribution in [0.3, 0.4) is 0 Å². The van der Waals surface area contributed by atoms with E-state index >= 15 is 0 Å². The van der Waals surface area contributed by atoms with Gasteiger partial charge in [-0.05, 0) is 59.1 Å². The van der Waals surface area contributed by atoms with E-state index < -0.39 is 11.7 Å². The number of amides is 2. The molecular weight excluding hydrogens is 363 g/mol. The third kappa shape index (κ3) is 3.76. The monoisotopic (exact) mass is 376 g/mol. The zero-order valence-electron chi connectivity index (χ0n) is 12.1. The summed E-state index contributed by atoms with van der Waals surface area (Å²) < 4.78 is 13.5. The summed E-state index contributed by atoms with van der Waals surface area (Å²) in [4.78, 5) is 24.6. The average Bonchev–Trinajstić information content (AvgIpc) is 3.31. The lowest BCUT2D eigenvalue weighted by atomic mass is 10.1. The highest BCUT2D eigenvalue weighted by Gasteiger charge is 2.25. The Labute approximate surface area is 141 Å². The fraction of sp³-hybridized carbons (Fsp3) is 0.176. The molecule has 1 saturated carbocycles. The number of hydrogen-bond donors (Lipinski definition) is 2. The van der Waals surface area contributed by atoms with Crippen LogP contribution >= 0.6 is 15.9 Å². The van der Waals surface area contributed by atoms with Crippen molar-refractivity contribution in [2.45, 2.75) is 18.9 Å². The van der Waals surface area contributed by atoms with Crippen molar-refractivity contribution in [1.82, 2.24) is 5.32 Å². The van der Waals surface area contributed by atoms with Gasteiger partial charge in [-0.15, -0.1) is 0 Å². The van der Waals surface area contributed by atoms with E-state index in [1.807, 2.05) is 0 Å². The molecule has 0 aliphatic heterocycles. The van der Waals surface area contributed by atoms with Crippen LogP contribution in [0.15, 0.2) is 46.9 Å². The summed E-state index contributed by atoms with van der Waals surface area (Å²) in [6.07, 6.45) is 1.98. The molecule has 0 atom stereocenters. The second-order valence-corrected chi connectivity index (χ2v) is 6.23. The van der Waals surface area contributed by atoms with E-state index in [0.29, 0.717) is 21.3 Å². The highest BCUT2D eigenvalue weighted by Crippen LogP contribution is 2.23. The van der Waals surface area contributed by atoms with E-state index in [1.54, 1.807) is 24.3 Å². The van der Waals surface area contributed by atoms with E-state index in [0.717, 1.165) is 12.8 Å². The van der Waals surface area contributed by atoms with Crippen molar-refractivity contribution in [2.24, 2.45) is 0 Å². The number of hydrogen-bond acceptors (Lipinski definition) is 2. The number of anilines is 1. The van der Waals surface area contributed by atoms with Crippen molar-refractivity contribution in [3.63, 3.8) is 0 Å². The number of halogens is 2. The predicted octanol–water partition coefficient (Wildman–Crippen LogP) is 3.73. The van der Waals surface area contributed by atoms with Crippen molar-refractivity contribution in [3.8, 4) is 0 Å². The Balaban J connectivity index is 1.81. The van der Waals surface area contributed by atoms with Crippen molar-refractivity contribution >= 4 is 33.4 Å². The maximum atomic E-state index is 13.1. The number of carbonyl (C=O) groups excluding carboxylic acids is 2. The molecule has 3 rings (SSSR count). The maximum absolute atomic E-state index is 13.1. The topological polar surface area (TPSA) is 58.2 Å². The molecule has 2 N–H and O–H groups in total. The summed E-state index contributed by atoms with van der Waals surface area (Å²) in [5, 5.41) is 5.60. The van der Waals surface area contributed by atoms with Crippen LogP contribution in [0.5, 0.6) is 0 Å². The van der Waals surface area contributed by atoms with Gasteiger partial charge in [-0.3, -0.25) is 9.59 Å². The van der Waals surface area contributed by atoms with Gasteiger partial charge in [0.25, 0.3) is 11.8 Å². The average molecular weight is 377 g/mol. The molecule has 0 unspecified atom stereocenters. The van der Waals surface area contributed by atoms with E-state index in [-0.39, 0.29) is 11.9 Å². The van der Waals surface area contributed by atoms with Crippen LogP contribution < -0.4 is 10.6 Å². The fourth-order valence-corrected chi connectivity index (χ4v) is 2.68. The summed E-state index contributed by atoms with van der Waals surface area (Å²) in [7, 11) is 0. The number of carbonyl (C=O) groups is 2. The van der Waals surface area contributed by atoms with Crippen molar-refractivity contribution in [2.75, 3.05) is 5.32 Å². The molecule has 0 saturated heterocycles. The second-order valence-electron chi connectivity index (χ2n) is 5.37. The molecule has 2 aromatic rings. The lowest BCUT2D eigenvalue weighted by Gasteiger charge is -2.12. The van der Waals surface area contributed by atoms with E-state index in [9.17, 15) is 14.0 Å². The Morgan fingerprint density at radius 2 is 1.78 bits per heavy atom. The third-order valence-corrected chi connectivity index (χ3v) is 4.16. The Bertz CT molecular complexity index is 775. The van der Waals surface area contributed by atoms with Gasteiger partial charge in [0.05, 0.1) is 16.8 Å². The van der Waals surface area contributed by atoms with Crippen LogP contribution in [-0.2, 0) is 0 Å². The Morgan fingerprint density at radius 1 is 1.04 bits per heavy atom. The number of rotatable bonds is 4. The predicted molar refractivity (Wildman–Crippen MR) is 89.0 cm³/mol. The van der Waals surface area contributed by atoms with Gasteiger partial charge >= 0.3 is 0 Å². The van der Waals surface area contributed by atoms with E-state index in [1.165, 1.54) is 18.2 Å². The van der Waals surface area contributed by atoms with Crippen molar-refractivity contribution < 1.29 is 14.0 Å². The molecule has 1 aliphatic rings. The molecule has 6 heteroatoms. The van der Waals surface area contributed by atoms with Crippen LogP contribution in [-0.4, -0.2) is 17.9 Å². The fourth-order valence-electron chi connectivity index (χ4n) is 2.14. The van der Waals surface area contributed by atoms with Gasteiger partial charge in [-0.2, -0.15) is 0 Å². The minimum atomic E-state index is -0.433. The first-order valence-electron chi connectivity index (χ1n) is 7.21. The van der Waals surface area contributed by atoms with Gasteiger partial charge in [-0.25, -0.2) is 4.39 Å². The summed E-state index contributed by atoms with van der Waals surface area (Å²) in [6, 6.07) is 10.9. The highest BCUT2D eigenvalue weighted by molar-refractivity contribution is 9.10. The molecule has 0 spiro atoms. The minimum Gasteiger partial charge on any atom is -0.349 e. The maximum Gasteiger partial charge on any atom is 0.256 e. The van der Waals surface area contributed by atoms with Gasteiger partial charge < -0.3 is 10.6 Å². The summed E-state index contributed by atoms with van der Waals surface area (Å²) >= 11 is 3.17. The van der Waals surface area contributed by atoms with Gasteiger partial charge in [0.1, 0.15) is 5.82 Å². The van der Waals surface area contributed by atoms with Crippen LogP contribution in [0.25, 0.3) is 0 Å². The lowest BCUT2D eigenvalue weighted by Crippen LogP contribution is -2.27. The molecule has 2 amide bonds. The zero-order chi connectivity index (χ0) is 16.4. The first kappa shape index (κ1) is 15.7. The standard InChI is InChI=1S/C17H14BrFN2O2/c18-14-9-10(19)5-8-12(14)16(22)21-15-4-2-1-3-13(15)17(23)20-11-6-7-11/h1-5,8-9,11H,6-7H2,(H,20,23)(H,21,22). The van der Waals surface area contributed by atoms with Gasteiger partial charge in [0, 0.05) is 10.5 Å². The van der Waals surface area contributed by atoms with Crippen LogP contribution in [0.2, 0.25) is 0 Å². The molecule has 4 nitrogen and oxygen atoms in total. The van der Waals surface area contributed by atoms with E-state index in [2.05, 4.69) is 26.6 Å². The third-order valence-electron chi connectivity index (χ3n) is 3.51. The Hall–Kier alpha value is -2.21. The molecule has 118 valence electrons. The van der Waals surface area contributed by atoms with E-state index in [4.69, 9.17) is 0 Å². The SMILES string of the molecule is O=C(Nc1ccccc1C(=O)NC1CC1)c1ccc(F)cc1Br. The number of nitrogens with one attached hydrogen (secondary N) is 2. The van der Waals surface area contributed by atoms with Crippen LogP contribution in [0, 0.1) is 5.82 Å². The van der Waals surface area contributed by atoms with Gasteiger partial charge in [-0.1, -0.05) is 12.1 Å². The summed E-state index contributed by atoms with van der Waals surface area (Å²) in [5.41, 5.74) is 1.13. The summed E-state index contributed by atoms with van der Waals surface area (Å²) in [5.74, 6) is -1.05. The van der Waals surface area contributed by atoms with Gasteiger partial charge in [0.2, 0.25) is 0 Å². The molecule has 1 fully saturated rings. The van der Waals surface area contributed by atoms with Crippen LogP contribution in [0.4, 0.5) is 10.1 Å². The second kappa shape index (κ2) is 6.50. The molecule has 0 aromatic heterocycles. The zero-order valence-corrected chi connectivity index (χ0v) is 13.7. The lowest BCUT2D eigenvalue weighted by molar-refractivity contribution is 0.0952. The quantitative estimate of drug-likeness (QED) is 0.853. The highest BCUT2D eigenvalue weighted by atomic mass is 79.9. The number of benzene rings is 2. The smallest absolute Gasteiger partial charge is 0.256 e. The van der Waals surface area contributed by atoms with Crippen LogP contribution in [0.1, 0.15) is 33.6 Å². The number of para-hydroxylation sites is 1. The van der Waals surface area contributed by atoms with Crippen molar-refractivity contribution in [3.05, 3.63) is 63.9 Å². The molecule has 1 aliphatic carbocycles.